The fourth-order valence-electron chi connectivity index (χ4n) is 3.93. The Hall–Kier alpha value is -2.38. The van der Waals surface area contributed by atoms with E-state index in [1.54, 1.807) is 18.9 Å². The molecule has 0 N–H and O–H groups in total. The molecule has 4 rings (SSSR count). The van der Waals surface area contributed by atoms with Gasteiger partial charge in [0.25, 0.3) is 0 Å². The van der Waals surface area contributed by atoms with Crippen LogP contribution in [0.25, 0.3) is 21.9 Å². The zero-order valence-corrected chi connectivity index (χ0v) is 17.8. The van der Waals surface area contributed by atoms with Crippen molar-refractivity contribution in [2.45, 2.75) is 37.2 Å². The second-order valence-corrected chi connectivity index (χ2v) is 8.19. The average Bonchev–Trinajstić information content (AvgIpc) is 3.56. The number of anilines is 1. The first kappa shape index (κ1) is 19.9. The maximum absolute atomic E-state index is 13.2. The monoisotopic (exact) mass is 411 g/mol. The van der Waals surface area contributed by atoms with Gasteiger partial charge < -0.3 is 19.0 Å². The minimum absolute atomic E-state index is 0.0404. The second kappa shape index (κ2) is 8.16. The van der Waals surface area contributed by atoms with Gasteiger partial charge in [0.05, 0.1) is 24.1 Å². The van der Waals surface area contributed by atoms with Crippen molar-refractivity contribution in [3.8, 4) is 0 Å². The van der Waals surface area contributed by atoms with Gasteiger partial charge in [-0.3, -0.25) is 4.79 Å². The third kappa shape index (κ3) is 3.53. The smallest absolute Gasteiger partial charge is 0.198 e. The molecule has 0 unspecified atom stereocenters. The van der Waals surface area contributed by atoms with Crippen LogP contribution in [0.3, 0.4) is 0 Å². The lowest BCUT2D eigenvalue weighted by atomic mass is 10.1. The fourth-order valence-corrected chi connectivity index (χ4v) is 4.73. The molecule has 2 heterocycles. The molecule has 0 saturated heterocycles. The van der Waals surface area contributed by atoms with Crippen LogP contribution in [0.15, 0.2) is 34.0 Å². The highest BCUT2D eigenvalue weighted by atomic mass is 32.2. The lowest BCUT2D eigenvalue weighted by Crippen LogP contribution is -2.30. The number of hydrogen-bond acceptors (Lipinski definition) is 6. The molecule has 29 heavy (non-hydrogen) atoms. The number of fused-ring (bicyclic) bond motifs is 2. The summed E-state index contributed by atoms with van der Waals surface area (Å²) in [6.07, 6.45) is 5.13. The Balaban J connectivity index is 2.02. The molecule has 2 aromatic heterocycles. The molecule has 1 aromatic carbocycles. The number of ether oxygens (including phenoxy) is 1. The number of aldehydes is 1. The summed E-state index contributed by atoms with van der Waals surface area (Å²) < 4.78 is 7.16. The summed E-state index contributed by atoms with van der Waals surface area (Å²) in [7, 11) is 1.69. The summed E-state index contributed by atoms with van der Waals surface area (Å²) in [5.41, 5.74) is 2.40. The Morgan fingerprint density at radius 1 is 1.28 bits per heavy atom. The van der Waals surface area contributed by atoms with Crippen molar-refractivity contribution in [2.24, 2.45) is 0 Å². The molecule has 0 spiro atoms. The minimum Gasteiger partial charge on any atom is -0.383 e. The van der Waals surface area contributed by atoms with Crippen molar-refractivity contribution in [1.82, 2.24) is 9.55 Å². The summed E-state index contributed by atoms with van der Waals surface area (Å²) in [6, 6.07) is 8.05. The van der Waals surface area contributed by atoms with Crippen LogP contribution in [0, 0.1) is 6.92 Å². The van der Waals surface area contributed by atoms with Crippen LogP contribution < -0.4 is 10.3 Å². The van der Waals surface area contributed by atoms with Crippen LogP contribution in [0.2, 0.25) is 0 Å². The number of aromatic nitrogens is 2. The Bertz CT molecular complexity index is 1140. The second-order valence-electron chi connectivity index (χ2n) is 7.38. The highest BCUT2D eigenvalue weighted by Crippen LogP contribution is 2.33. The van der Waals surface area contributed by atoms with E-state index in [1.165, 1.54) is 0 Å². The Morgan fingerprint density at radius 3 is 2.69 bits per heavy atom. The molecular weight excluding hydrogens is 386 g/mol. The van der Waals surface area contributed by atoms with Gasteiger partial charge in [-0.25, -0.2) is 4.98 Å². The van der Waals surface area contributed by atoms with Gasteiger partial charge in [0.15, 0.2) is 5.43 Å². The van der Waals surface area contributed by atoms with E-state index in [-0.39, 0.29) is 12.0 Å². The number of benzene rings is 1. The first-order valence-corrected chi connectivity index (χ1v) is 11.0. The van der Waals surface area contributed by atoms with Gasteiger partial charge >= 0.3 is 0 Å². The SMILES string of the molecule is COCCN(c1ccc2c(=O)c3ccc(C)c(SC)c3n(CC=O)c2n1)C1CC1. The number of thioether (sulfide) groups is 1. The van der Waals surface area contributed by atoms with Gasteiger partial charge in [-0.1, -0.05) is 6.07 Å². The molecule has 7 heteroatoms. The standard InChI is InChI=1S/C22H25N3O3S/c1-14-4-7-16-19(21(14)29-3)25(10-12-26)22-17(20(16)27)8-9-18(23-22)24(11-13-28-2)15-5-6-15/h4,7-9,12,15H,5-6,10-11,13H2,1-3H3. The molecule has 1 aliphatic carbocycles. The molecule has 6 nitrogen and oxygen atoms in total. The molecule has 1 aliphatic rings. The lowest BCUT2D eigenvalue weighted by molar-refractivity contribution is -0.108. The predicted octanol–water partition coefficient (Wildman–Crippen LogP) is 3.39. The highest BCUT2D eigenvalue weighted by molar-refractivity contribution is 7.98. The number of aryl methyl sites for hydroxylation is 1. The van der Waals surface area contributed by atoms with Crippen molar-refractivity contribution in [3.05, 3.63) is 40.1 Å². The van der Waals surface area contributed by atoms with E-state index in [9.17, 15) is 9.59 Å². The first-order valence-electron chi connectivity index (χ1n) is 9.80. The fraction of sp³-hybridized carbons (Fsp3) is 0.409. The van der Waals surface area contributed by atoms with Gasteiger partial charge in [-0.15, -0.1) is 11.8 Å². The van der Waals surface area contributed by atoms with Crippen LogP contribution in [-0.4, -0.2) is 48.4 Å². The van der Waals surface area contributed by atoms with E-state index in [0.717, 1.165) is 47.5 Å². The van der Waals surface area contributed by atoms with E-state index in [0.29, 0.717) is 29.1 Å². The normalized spacial score (nSPS) is 13.9. The van der Waals surface area contributed by atoms with Crippen LogP contribution in [0.5, 0.6) is 0 Å². The number of methoxy groups -OCH3 is 1. The van der Waals surface area contributed by atoms with Crippen molar-refractivity contribution >= 4 is 45.8 Å². The van der Waals surface area contributed by atoms with Gasteiger partial charge in [0.1, 0.15) is 17.8 Å². The number of hydrogen-bond donors (Lipinski definition) is 0. The maximum Gasteiger partial charge on any atom is 0.198 e. The van der Waals surface area contributed by atoms with Gasteiger partial charge in [-0.05, 0) is 49.8 Å². The van der Waals surface area contributed by atoms with E-state index >= 15 is 0 Å². The first-order chi connectivity index (χ1) is 14.1. The summed E-state index contributed by atoms with van der Waals surface area (Å²) >= 11 is 1.59. The van der Waals surface area contributed by atoms with Gasteiger partial charge in [-0.2, -0.15) is 0 Å². The Kier molecular flexibility index (Phi) is 5.61. The van der Waals surface area contributed by atoms with E-state index in [2.05, 4.69) is 4.90 Å². The zero-order chi connectivity index (χ0) is 20.5. The third-order valence-corrected chi connectivity index (χ3v) is 6.41. The van der Waals surface area contributed by atoms with Gasteiger partial charge in [0, 0.05) is 30.0 Å². The topological polar surface area (TPSA) is 64.4 Å². The Labute approximate surface area is 173 Å². The molecule has 1 fully saturated rings. The van der Waals surface area contributed by atoms with E-state index in [1.807, 2.05) is 42.0 Å². The summed E-state index contributed by atoms with van der Waals surface area (Å²) in [4.78, 5) is 32.9. The molecule has 152 valence electrons. The molecule has 0 radical (unpaired) electrons. The van der Waals surface area contributed by atoms with E-state index in [4.69, 9.17) is 9.72 Å². The quantitative estimate of drug-likeness (QED) is 0.322. The summed E-state index contributed by atoms with van der Waals surface area (Å²) in [5.74, 6) is 0.828. The molecule has 0 atom stereocenters. The predicted molar refractivity (Wildman–Crippen MR) is 118 cm³/mol. The van der Waals surface area contributed by atoms with Crippen LogP contribution in [0.4, 0.5) is 5.82 Å². The lowest BCUT2D eigenvalue weighted by Gasteiger charge is -2.24. The Morgan fingerprint density at radius 2 is 2.03 bits per heavy atom. The van der Waals surface area contributed by atoms with Crippen LogP contribution in [-0.2, 0) is 16.1 Å². The van der Waals surface area contributed by atoms with Crippen molar-refractivity contribution in [3.63, 3.8) is 0 Å². The highest BCUT2D eigenvalue weighted by Gasteiger charge is 2.30. The number of carbonyl (C=O) groups excluding carboxylic acids is 1. The van der Waals surface area contributed by atoms with Crippen LogP contribution >= 0.6 is 11.8 Å². The maximum atomic E-state index is 13.2. The molecule has 0 bridgehead atoms. The summed E-state index contributed by atoms with van der Waals surface area (Å²) in [5, 5.41) is 1.17. The number of nitrogens with zero attached hydrogens (tertiary/aromatic N) is 3. The molecule has 0 aliphatic heterocycles. The minimum atomic E-state index is -0.0404. The van der Waals surface area contributed by atoms with Crippen LogP contribution in [0.1, 0.15) is 18.4 Å². The molecule has 1 saturated carbocycles. The van der Waals surface area contributed by atoms with E-state index < -0.39 is 0 Å². The summed E-state index contributed by atoms with van der Waals surface area (Å²) in [6.45, 7) is 3.54. The molecule has 0 amide bonds. The number of carbonyl (C=O) groups is 1. The van der Waals surface area contributed by atoms with Crippen molar-refractivity contribution in [1.29, 1.82) is 0 Å². The third-order valence-electron chi connectivity index (χ3n) is 5.48. The number of pyridine rings is 2. The zero-order valence-electron chi connectivity index (χ0n) is 17.0. The number of rotatable bonds is 8. The van der Waals surface area contributed by atoms with Gasteiger partial charge in [0.2, 0.25) is 0 Å². The molecular formula is C22H25N3O3S. The average molecular weight is 412 g/mol. The largest absolute Gasteiger partial charge is 0.383 e. The van der Waals surface area contributed by atoms with Crippen molar-refractivity contribution in [2.75, 3.05) is 31.4 Å². The molecule has 3 aromatic rings. The van der Waals surface area contributed by atoms with Crippen molar-refractivity contribution < 1.29 is 9.53 Å².